The van der Waals surface area contributed by atoms with Gasteiger partial charge in [-0.2, -0.15) is 9.40 Å². The zero-order chi connectivity index (χ0) is 22.6. The topological polar surface area (TPSA) is 93.5 Å². The van der Waals surface area contributed by atoms with E-state index >= 15 is 0 Å². The molecule has 2 heterocycles. The summed E-state index contributed by atoms with van der Waals surface area (Å²) in [4.78, 5) is 13.0. The van der Waals surface area contributed by atoms with Crippen molar-refractivity contribution in [1.82, 2.24) is 19.4 Å². The first-order valence-corrected chi connectivity index (χ1v) is 11.9. The van der Waals surface area contributed by atoms with Gasteiger partial charge in [-0.1, -0.05) is 12.1 Å². The number of nitrogens with zero attached hydrogens (tertiary/aromatic N) is 3. The standard InChI is InChI=1S/C23H26N4O4S/c1-31-21-9-11-22(12-10-21)32(29,30)26-14-2-4-19(17-26)23(28)24-16-18-5-7-20(8-6-18)27-15-3-13-25-27/h3,5-13,15,19H,2,4,14,16-17H2,1H3,(H,24,28). The van der Waals surface area contributed by atoms with Crippen LogP contribution >= 0.6 is 0 Å². The summed E-state index contributed by atoms with van der Waals surface area (Å²) in [5, 5.41) is 7.15. The van der Waals surface area contributed by atoms with Crippen LogP contribution in [0.25, 0.3) is 5.69 Å². The Morgan fingerprint density at radius 3 is 2.56 bits per heavy atom. The summed E-state index contributed by atoms with van der Waals surface area (Å²) in [6, 6.07) is 15.9. The Balaban J connectivity index is 1.35. The van der Waals surface area contributed by atoms with Gasteiger partial charge >= 0.3 is 0 Å². The minimum atomic E-state index is -3.66. The van der Waals surface area contributed by atoms with E-state index in [1.807, 2.05) is 36.5 Å². The molecule has 0 radical (unpaired) electrons. The molecule has 1 atom stereocenters. The zero-order valence-electron chi connectivity index (χ0n) is 17.8. The van der Waals surface area contributed by atoms with Gasteiger partial charge < -0.3 is 10.1 Å². The number of benzene rings is 2. The van der Waals surface area contributed by atoms with Crippen LogP contribution in [0, 0.1) is 5.92 Å². The van der Waals surface area contributed by atoms with Crippen molar-refractivity contribution < 1.29 is 17.9 Å². The molecule has 1 aliphatic heterocycles. The molecule has 1 aliphatic rings. The van der Waals surface area contributed by atoms with Crippen LogP contribution in [0.3, 0.4) is 0 Å². The van der Waals surface area contributed by atoms with Crippen LogP contribution in [0.4, 0.5) is 0 Å². The highest BCUT2D eigenvalue weighted by Gasteiger charge is 2.33. The second kappa shape index (κ2) is 9.54. The van der Waals surface area contributed by atoms with Crippen LogP contribution in [0.2, 0.25) is 0 Å². The fourth-order valence-corrected chi connectivity index (χ4v) is 5.32. The van der Waals surface area contributed by atoms with E-state index in [1.54, 1.807) is 23.0 Å². The molecule has 0 spiro atoms. The van der Waals surface area contributed by atoms with Crippen molar-refractivity contribution in [3.63, 3.8) is 0 Å². The first-order chi connectivity index (χ1) is 15.5. The van der Waals surface area contributed by atoms with Gasteiger partial charge in [0.15, 0.2) is 0 Å². The Hall–Kier alpha value is -3.17. The number of piperidine rings is 1. The van der Waals surface area contributed by atoms with Crippen molar-refractivity contribution in [2.24, 2.45) is 5.92 Å². The van der Waals surface area contributed by atoms with Crippen LogP contribution < -0.4 is 10.1 Å². The number of sulfonamides is 1. The predicted octanol–water partition coefficient (Wildman–Crippen LogP) is 2.60. The summed E-state index contributed by atoms with van der Waals surface area (Å²) < 4.78 is 34.3. The lowest BCUT2D eigenvalue weighted by Gasteiger charge is -2.31. The largest absolute Gasteiger partial charge is 0.497 e. The highest BCUT2D eigenvalue weighted by atomic mass is 32.2. The Labute approximate surface area is 187 Å². The Morgan fingerprint density at radius 1 is 1.16 bits per heavy atom. The van der Waals surface area contributed by atoms with Crippen molar-refractivity contribution in [3.8, 4) is 11.4 Å². The second-order valence-corrected chi connectivity index (χ2v) is 9.65. The molecule has 4 rings (SSSR count). The van der Waals surface area contributed by atoms with Crippen LogP contribution in [0.15, 0.2) is 71.9 Å². The first kappa shape index (κ1) is 22.0. The van der Waals surface area contributed by atoms with E-state index in [0.717, 1.165) is 11.3 Å². The SMILES string of the molecule is COc1ccc(S(=O)(=O)N2CCCC(C(=O)NCc3ccc(-n4cccn4)cc3)C2)cc1. The molecule has 9 heteroatoms. The number of aromatic nitrogens is 2. The molecule has 1 aromatic heterocycles. The highest BCUT2D eigenvalue weighted by Crippen LogP contribution is 2.25. The summed E-state index contributed by atoms with van der Waals surface area (Å²) >= 11 is 0. The Bertz CT molecular complexity index is 1140. The van der Waals surface area contributed by atoms with Gasteiger partial charge in [-0.15, -0.1) is 0 Å². The number of ether oxygens (including phenoxy) is 1. The number of hydrogen-bond acceptors (Lipinski definition) is 5. The molecule has 32 heavy (non-hydrogen) atoms. The number of amides is 1. The van der Waals surface area contributed by atoms with Crippen molar-refractivity contribution in [2.75, 3.05) is 20.2 Å². The number of hydrogen-bond donors (Lipinski definition) is 1. The minimum absolute atomic E-state index is 0.129. The zero-order valence-corrected chi connectivity index (χ0v) is 18.7. The summed E-state index contributed by atoms with van der Waals surface area (Å²) in [6.07, 6.45) is 4.90. The van der Waals surface area contributed by atoms with Crippen LogP contribution in [0.5, 0.6) is 5.75 Å². The summed E-state index contributed by atoms with van der Waals surface area (Å²) in [6.45, 7) is 0.978. The van der Waals surface area contributed by atoms with E-state index in [4.69, 9.17) is 4.74 Å². The third-order valence-corrected chi connectivity index (χ3v) is 7.50. The van der Waals surface area contributed by atoms with Crippen molar-refractivity contribution >= 4 is 15.9 Å². The monoisotopic (exact) mass is 454 g/mol. The fourth-order valence-electron chi connectivity index (χ4n) is 3.79. The van der Waals surface area contributed by atoms with Crippen molar-refractivity contribution in [3.05, 3.63) is 72.6 Å². The average Bonchev–Trinajstić information content (AvgIpc) is 3.38. The molecule has 168 valence electrons. The van der Waals surface area contributed by atoms with Gasteiger partial charge in [0.1, 0.15) is 5.75 Å². The quantitative estimate of drug-likeness (QED) is 0.592. The fraction of sp³-hybridized carbons (Fsp3) is 0.304. The van der Waals surface area contributed by atoms with Crippen molar-refractivity contribution in [1.29, 1.82) is 0 Å². The van der Waals surface area contributed by atoms with Crippen LogP contribution in [-0.2, 0) is 21.4 Å². The maximum absolute atomic E-state index is 13.0. The smallest absolute Gasteiger partial charge is 0.243 e. The lowest BCUT2D eigenvalue weighted by molar-refractivity contribution is -0.126. The summed E-state index contributed by atoms with van der Waals surface area (Å²) in [7, 11) is -2.12. The molecule has 0 aliphatic carbocycles. The average molecular weight is 455 g/mol. The molecule has 1 amide bonds. The number of rotatable bonds is 7. The van der Waals surface area contributed by atoms with Gasteiger partial charge in [-0.3, -0.25) is 4.79 Å². The number of methoxy groups -OCH3 is 1. The number of nitrogens with one attached hydrogen (secondary N) is 1. The molecule has 3 aromatic rings. The van der Waals surface area contributed by atoms with E-state index in [9.17, 15) is 13.2 Å². The lowest BCUT2D eigenvalue weighted by Crippen LogP contribution is -2.45. The molecular formula is C23H26N4O4S. The van der Waals surface area contributed by atoms with Gasteiger partial charge in [0.25, 0.3) is 0 Å². The first-order valence-electron chi connectivity index (χ1n) is 10.5. The van der Waals surface area contributed by atoms with E-state index in [1.165, 1.54) is 23.5 Å². The Morgan fingerprint density at radius 2 is 1.91 bits per heavy atom. The second-order valence-electron chi connectivity index (χ2n) is 7.71. The van der Waals surface area contributed by atoms with Gasteiger partial charge in [-0.25, -0.2) is 13.1 Å². The van der Waals surface area contributed by atoms with Gasteiger partial charge in [0.05, 0.1) is 23.6 Å². The minimum Gasteiger partial charge on any atom is -0.497 e. The molecule has 8 nitrogen and oxygen atoms in total. The van der Waals surface area contributed by atoms with Gasteiger partial charge in [0, 0.05) is 32.0 Å². The maximum atomic E-state index is 13.0. The molecule has 1 fully saturated rings. The summed E-state index contributed by atoms with van der Waals surface area (Å²) in [5.41, 5.74) is 1.91. The third-order valence-electron chi connectivity index (χ3n) is 5.62. The molecule has 1 saturated heterocycles. The Kier molecular flexibility index (Phi) is 6.57. The van der Waals surface area contributed by atoms with Gasteiger partial charge in [0.2, 0.25) is 15.9 Å². The molecule has 1 N–H and O–H groups in total. The molecule has 0 saturated carbocycles. The van der Waals surface area contributed by atoms with Crippen LogP contribution in [0.1, 0.15) is 18.4 Å². The molecule has 1 unspecified atom stereocenters. The predicted molar refractivity (Wildman–Crippen MR) is 120 cm³/mol. The summed E-state index contributed by atoms with van der Waals surface area (Å²) in [5.74, 6) is 0.0911. The van der Waals surface area contributed by atoms with E-state index in [2.05, 4.69) is 10.4 Å². The number of carbonyl (C=O) groups excluding carboxylic acids is 1. The van der Waals surface area contributed by atoms with Crippen molar-refractivity contribution in [2.45, 2.75) is 24.3 Å². The van der Waals surface area contributed by atoms with E-state index in [-0.39, 0.29) is 23.3 Å². The van der Waals surface area contributed by atoms with Crippen LogP contribution in [-0.4, -0.2) is 48.6 Å². The highest BCUT2D eigenvalue weighted by molar-refractivity contribution is 7.89. The molecule has 2 aromatic carbocycles. The van der Waals surface area contributed by atoms with E-state index in [0.29, 0.717) is 31.7 Å². The van der Waals surface area contributed by atoms with Gasteiger partial charge in [-0.05, 0) is 60.9 Å². The molecule has 0 bridgehead atoms. The maximum Gasteiger partial charge on any atom is 0.243 e. The third kappa shape index (κ3) is 4.84. The lowest BCUT2D eigenvalue weighted by atomic mass is 9.99. The molecular weight excluding hydrogens is 428 g/mol. The number of carbonyl (C=O) groups is 1. The van der Waals surface area contributed by atoms with E-state index < -0.39 is 10.0 Å². The normalized spacial score (nSPS) is 17.1.